The highest BCUT2D eigenvalue weighted by Gasteiger charge is 2.51. The molecule has 5 nitrogen and oxygen atoms in total. The number of aldehydes is 1. The third kappa shape index (κ3) is 2.11. The number of rotatable bonds is 4. The molecule has 2 aliphatic rings. The fraction of sp³-hybridized carbons (Fsp3) is 0.562. The monoisotopic (exact) mass is 287 g/mol. The quantitative estimate of drug-likeness (QED) is 0.791. The Hall–Kier alpha value is -1.91. The number of carbonyl (C=O) groups excluding carboxylic acids is 2. The summed E-state index contributed by atoms with van der Waals surface area (Å²) in [6, 6.07) is -0.0379. The maximum absolute atomic E-state index is 12.7. The molecule has 2 heterocycles. The van der Waals surface area contributed by atoms with Crippen LogP contribution in [-0.4, -0.2) is 39.0 Å². The van der Waals surface area contributed by atoms with Gasteiger partial charge in [0.1, 0.15) is 12.8 Å². The van der Waals surface area contributed by atoms with E-state index in [9.17, 15) is 9.59 Å². The first-order chi connectivity index (χ1) is 10.1. The van der Waals surface area contributed by atoms with E-state index in [1.165, 1.54) is 0 Å². The first kappa shape index (κ1) is 14.0. The summed E-state index contributed by atoms with van der Waals surface area (Å²) in [5, 5.41) is 4.24. The zero-order chi connectivity index (χ0) is 15.1. The van der Waals surface area contributed by atoms with Gasteiger partial charge in [0, 0.05) is 6.04 Å². The Morgan fingerprint density at radius 3 is 2.95 bits per heavy atom. The summed E-state index contributed by atoms with van der Waals surface area (Å²) in [5.74, 6) is 0.801. The normalized spacial score (nSPS) is 30.7. The van der Waals surface area contributed by atoms with Crippen molar-refractivity contribution in [3.8, 4) is 0 Å². The standard InChI is InChI=1S/C16H21N3O2/c1-4-13-11(3)7-17-18(13)8-16(21)19-14-6-12(5-10(14)2)15(19)9-20/h4,7,9-10,12,14-15H,1,5-6,8H2,2-3H3. The number of amides is 1. The van der Waals surface area contributed by atoms with Gasteiger partial charge in [0.2, 0.25) is 5.91 Å². The molecule has 1 aliphatic carbocycles. The zero-order valence-corrected chi connectivity index (χ0v) is 12.5. The van der Waals surface area contributed by atoms with Gasteiger partial charge in [-0.3, -0.25) is 9.48 Å². The van der Waals surface area contributed by atoms with Crippen LogP contribution in [0.25, 0.3) is 6.08 Å². The molecule has 1 aromatic rings. The predicted octanol–water partition coefficient (Wildman–Crippen LogP) is 1.66. The fourth-order valence-electron chi connectivity index (χ4n) is 4.01. The lowest BCUT2D eigenvalue weighted by Crippen LogP contribution is -2.49. The Morgan fingerprint density at radius 1 is 1.52 bits per heavy atom. The summed E-state index contributed by atoms with van der Waals surface area (Å²) >= 11 is 0. The molecule has 0 spiro atoms. The smallest absolute Gasteiger partial charge is 0.245 e. The molecular formula is C16H21N3O2. The SMILES string of the molecule is C=Cc1c(C)cnn1CC(=O)N1C(C=O)C2CC(C)C1C2. The van der Waals surface area contributed by atoms with Crippen LogP contribution in [0.5, 0.6) is 0 Å². The molecule has 4 atom stereocenters. The maximum atomic E-state index is 12.7. The van der Waals surface area contributed by atoms with E-state index in [0.29, 0.717) is 11.8 Å². The largest absolute Gasteiger partial charge is 0.328 e. The van der Waals surface area contributed by atoms with Crippen molar-refractivity contribution in [2.24, 2.45) is 11.8 Å². The van der Waals surface area contributed by atoms with Crippen LogP contribution >= 0.6 is 0 Å². The number of aromatic nitrogens is 2. The molecule has 1 aromatic heterocycles. The highest BCUT2D eigenvalue weighted by Crippen LogP contribution is 2.45. The second-order valence-electron chi connectivity index (χ2n) is 6.28. The van der Waals surface area contributed by atoms with Crippen molar-refractivity contribution in [2.75, 3.05) is 0 Å². The van der Waals surface area contributed by atoms with E-state index in [1.807, 2.05) is 6.92 Å². The van der Waals surface area contributed by atoms with Crippen molar-refractivity contribution in [3.05, 3.63) is 24.0 Å². The van der Waals surface area contributed by atoms with Crippen molar-refractivity contribution in [1.29, 1.82) is 0 Å². The topological polar surface area (TPSA) is 55.2 Å². The molecule has 2 fully saturated rings. The first-order valence-electron chi connectivity index (χ1n) is 7.48. The number of likely N-dealkylation sites (tertiary alicyclic amines) is 1. The summed E-state index contributed by atoms with van der Waals surface area (Å²) in [6.45, 7) is 8.05. The minimum absolute atomic E-state index is 0.0163. The van der Waals surface area contributed by atoms with E-state index in [-0.39, 0.29) is 24.5 Å². The molecule has 0 N–H and O–H groups in total. The van der Waals surface area contributed by atoms with Crippen LogP contribution in [0.3, 0.4) is 0 Å². The Kier molecular flexibility index (Phi) is 3.43. The highest BCUT2D eigenvalue weighted by molar-refractivity contribution is 5.81. The van der Waals surface area contributed by atoms with Crippen molar-refractivity contribution in [3.63, 3.8) is 0 Å². The molecule has 4 unspecified atom stereocenters. The Morgan fingerprint density at radius 2 is 2.29 bits per heavy atom. The van der Waals surface area contributed by atoms with Crippen LogP contribution in [0.1, 0.15) is 31.0 Å². The molecule has 112 valence electrons. The summed E-state index contributed by atoms with van der Waals surface area (Å²) in [7, 11) is 0. The van der Waals surface area contributed by atoms with Gasteiger partial charge >= 0.3 is 0 Å². The van der Waals surface area contributed by atoms with Crippen LogP contribution in [0, 0.1) is 18.8 Å². The van der Waals surface area contributed by atoms with E-state index in [0.717, 1.165) is 30.4 Å². The van der Waals surface area contributed by atoms with Crippen LogP contribution < -0.4 is 0 Å². The van der Waals surface area contributed by atoms with E-state index < -0.39 is 0 Å². The minimum atomic E-state index is -0.248. The van der Waals surface area contributed by atoms with Gasteiger partial charge in [-0.2, -0.15) is 5.10 Å². The average Bonchev–Trinajstić information content (AvgIpc) is 3.10. The third-order valence-corrected chi connectivity index (χ3v) is 5.02. The van der Waals surface area contributed by atoms with Crippen LogP contribution in [0.15, 0.2) is 12.8 Å². The van der Waals surface area contributed by atoms with Crippen molar-refractivity contribution in [1.82, 2.24) is 14.7 Å². The molecule has 21 heavy (non-hydrogen) atoms. The molecule has 3 rings (SSSR count). The Bertz CT molecular complexity index is 592. The van der Waals surface area contributed by atoms with Gasteiger partial charge in [0.05, 0.1) is 17.9 Å². The van der Waals surface area contributed by atoms with E-state index >= 15 is 0 Å². The molecule has 1 saturated carbocycles. The lowest BCUT2D eigenvalue weighted by Gasteiger charge is -2.35. The molecule has 5 heteroatoms. The minimum Gasteiger partial charge on any atom is -0.328 e. The summed E-state index contributed by atoms with van der Waals surface area (Å²) in [5.41, 5.74) is 1.87. The molecule has 1 saturated heterocycles. The van der Waals surface area contributed by atoms with Crippen LogP contribution in [-0.2, 0) is 16.1 Å². The summed E-state index contributed by atoms with van der Waals surface area (Å²) < 4.78 is 1.67. The molecule has 0 radical (unpaired) electrons. The lowest BCUT2D eigenvalue weighted by molar-refractivity contribution is -0.140. The third-order valence-electron chi connectivity index (χ3n) is 5.02. The van der Waals surface area contributed by atoms with Crippen molar-refractivity contribution >= 4 is 18.3 Å². The van der Waals surface area contributed by atoms with Gasteiger partial charge in [0.15, 0.2) is 0 Å². The van der Waals surface area contributed by atoms with Gasteiger partial charge in [-0.05, 0) is 43.2 Å². The zero-order valence-electron chi connectivity index (χ0n) is 12.5. The number of hydrogen-bond acceptors (Lipinski definition) is 3. The lowest BCUT2D eigenvalue weighted by atomic mass is 9.94. The van der Waals surface area contributed by atoms with Crippen molar-refractivity contribution in [2.45, 2.75) is 45.3 Å². The van der Waals surface area contributed by atoms with Gasteiger partial charge in [-0.1, -0.05) is 13.5 Å². The van der Waals surface area contributed by atoms with Crippen LogP contribution in [0.2, 0.25) is 0 Å². The van der Waals surface area contributed by atoms with E-state index in [2.05, 4.69) is 18.6 Å². The Balaban J connectivity index is 1.81. The molecular weight excluding hydrogens is 266 g/mol. The maximum Gasteiger partial charge on any atom is 0.245 e. The molecule has 1 aliphatic heterocycles. The predicted molar refractivity (Wildman–Crippen MR) is 79.4 cm³/mol. The summed E-state index contributed by atoms with van der Waals surface area (Å²) in [4.78, 5) is 25.8. The second kappa shape index (κ2) is 5.13. The van der Waals surface area contributed by atoms with Gasteiger partial charge < -0.3 is 9.69 Å². The van der Waals surface area contributed by atoms with E-state index in [4.69, 9.17) is 0 Å². The number of piperidine rings is 1. The van der Waals surface area contributed by atoms with Gasteiger partial charge in [-0.15, -0.1) is 0 Å². The number of fused-ring (bicyclic) bond motifs is 2. The van der Waals surface area contributed by atoms with Gasteiger partial charge in [-0.25, -0.2) is 0 Å². The first-order valence-corrected chi connectivity index (χ1v) is 7.48. The summed E-state index contributed by atoms with van der Waals surface area (Å²) in [6.07, 6.45) is 6.41. The number of aryl methyl sites for hydroxylation is 1. The fourth-order valence-corrected chi connectivity index (χ4v) is 4.01. The molecule has 0 aromatic carbocycles. The van der Waals surface area contributed by atoms with Crippen molar-refractivity contribution < 1.29 is 9.59 Å². The van der Waals surface area contributed by atoms with Crippen LogP contribution in [0.4, 0.5) is 0 Å². The highest BCUT2D eigenvalue weighted by atomic mass is 16.2. The van der Waals surface area contributed by atoms with Gasteiger partial charge in [0.25, 0.3) is 0 Å². The number of hydrogen-bond donors (Lipinski definition) is 0. The molecule has 1 amide bonds. The van der Waals surface area contributed by atoms with E-state index in [1.54, 1.807) is 21.9 Å². The number of carbonyl (C=O) groups is 2. The second-order valence-corrected chi connectivity index (χ2v) is 6.28. The average molecular weight is 287 g/mol. The number of nitrogens with zero attached hydrogens (tertiary/aromatic N) is 3. The Labute approximate surface area is 124 Å². The molecule has 2 bridgehead atoms.